The molecular formula is C16H34N2O2. The maximum atomic E-state index is 9.84. The molecule has 1 unspecified atom stereocenters. The SMILES string of the molecule is CCCCCCCCOCC(O)CNN1CCCCC1. The van der Waals surface area contributed by atoms with Gasteiger partial charge in [0.25, 0.3) is 0 Å². The Morgan fingerprint density at radius 2 is 1.75 bits per heavy atom. The highest BCUT2D eigenvalue weighted by atomic mass is 16.5. The lowest BCUT2D eigenvalue weighted by molar-refractivity contribution is 0.0201. The van der Waals surface area contributed by atoms with Crippen LogP contribution in [0.4, 0.5) is 0 Å². The number of nitrogens with zero attached hydrogens (tertiary/aromatic N) is 1. The van der Waals surface area contributed by atoms with Crippen molar-refractivity contribution in [1.82, 2.24) is 10.4 Å². The molecule has 0 aromatic rings. The molecule has 4 nitrogen and oxygen atoms in total. The van der Waals surface area contributed by atoms with Crippen molar-refractivity contribution in [1.29, 1.82) is 0 Å². The van der Waals surface area contributed by atoms with Crippen LogP contribution in [-0.2, 0) is 4.74 Å². The van der Waals surface area contributed by atoms with Crippen LogP contribution in [0, 0.1) is 0 Å². The quantitative estimate of drug-likeness (QED) is 0.542. The largest absolute Gasteiger partial charge is 0.389 e. The minimum absolute atomic E-state index is 0.392. The average Bonchev–Trinajstić information content (AvgIpc) is 2.49. The van der Waals surface area contributed by atoms with Crippen molar-refractivity contribution in [3.05, 3.63) is 0 Å². The van der Waals surface area contributed by atoms with Crippen LogP contribution in [0.2, 0.25) is 0 Å². The molecule has 0 radical (unpaired) electrons. The highest BCUT2D eigenvalue weighted by molar-refractivity contribution is 4.63. The van der Waals surface area contributed by atoms with Crippen LogP contribution in [0.3, 0.4) is 0 Å². The maximum absolute atomic E-state index is 9.84. The van der Waals surface area contributed by atoms with Crippen molar-refractivity contribution in [2.75, 3.05) is 32.8 Å². The van der Waals surface area contributed by atoms with Gasteiger partial charge in [0.05, 0.1) is 12.7 Å². The number of hydrogen-bond donors (Lipinski definition) is 2. The lowest BCUT2D eigenvalue weighted by Gasteiger charge is -2.28. The summed E-state index contributed by atoms with van der Waals surface area (Å²) in [5, 5.41) is 12.1. The normalized spacial score (nSPS) is 18.3. The van der Waals surface area contributed by atoms with E-state index in [1.54, 1.807) is 0 Å². The summed E-state index contributed by atoms with van der Waals surface area (Å²) in [4.78, 5) is 0. The van der Waals surface area contributed by atoms with Gasteiger partial charge in [0, 0.05) is 26.2 Å². The number of nitrogens with one attached hydrogen (secondary N) is 1. The van der Waals surface area contributed by atoms with Gasteiger partial charge >= 0.3 is 0 Å². The molecule has 0 spiro atoms. The van der Waals surface area contributed by atoms with E-state index < -0.39 is 6.10 Å². The minimum atomic E-state index is -0.392. The summed E-state index contributed by atoms with van der Waals surface area (Å²) < 4.78 is 5.53. The van der Waals surface area contributed by atoms with E-state index in [-0.39, 0.29) is 0 Å². The Hall–Kier alpha value is -0.160. The Bertz CT molecular complexity index is 209. The van der Waals surface area contributed by atoms with Gasteiger partial charge in [0.2, 0.25) is 0 Å². The van der Waals surface area contributed by atoms with Gasteiger partial charge < -0.3 is 9.84 Å². The van der Waals surface area contributed by atoms with Gasteiger partial charge in [-0.05, 0) is 19.3 Å². The minimum Gasteiger partial charge on any atom is -0.389 e. The zero-order chi connectivity index (χ0) is 14.5. The Balaban J connectivity index is 1.83. The fourth-order valence-corrected chi connectivity index (χ4v) is 2.55. The van der Waals surface area contributed by atoms with Gasteiger partial charge in [0.1, 0.15) is 0 Å². The molecule has 1 atom stereocenters. The number of aliphatic hydroxyl groups excluding tert-OH is 1. The van der Waals surface area contributed by atoms with Crippen LogP contribution in [-0.4, -0.2) is 49.1 Å². The second-order valence-electron chi connectivity index (χ2n) is 5.91. The summed E-state index contributed by atoms with van der Waals surface area (Å²) >= 11 is 0. The van der Waals surface area contributed by atoms with E-state index in [2.05, 4.69) is 17.4 Å². The van der Waals surface area contributed by atoms with Crippen molar-refractivity contribution < 1.29 is 9.84 Å². The maximum Gasteiger partial charge on any atom is 0.0911 e. The third-order valence-corrected chi connectivity index (χ3v) is 3.86. The molecule has 1 rings (SSSR count). The van der Waals surface area contributed by atoms with Crippen molar-refractivity contribution >= 4 is 0 Å². The van der Waals surface area contributed by atoms with Crippen LogP contribution in [0.25, 0.3) is 0 Å². The summed E-state index contributed by atoms with van der Waals surface area (Å²) in [6.07, 6.45) is 11.1. The number of rotatable bonds is 12. The van der Waals surface area contributed by atoms with E-state index >= 15 is 0 Å². The first-order valence-corrected chi connectivity index (χ1v) is 8.57. The third-order valence-electron chi connectivity index (χ3n) is 3.86. The first-order valence-electron chi connectivity index (χ1n) is 8.57. The molecule has 1 aliphatic rings. The molecule has 0 amide bonds. The van der Waals surface area contributed by atoms with E-state index in [4.69, 9.17) is 4.74 Å². The summed E-state index contributed by atoms with van der Waals surface area (Å²) in [5.74, 6) is 0. The molecule has 0 bridgehead atoms. The fourth-order valence-electron chi connectivity index (χ4n) is 2.55. The first-order chi connectivity index (χ1) is 9.83. The highest BCUT2D eigenvalue weighted by Gasteiger charge is 2.11. The molecule has 0 aliphatic carbocycles. The van der Waals surface area contributed by atoms with Gasteiger partial charge in [-0.3, -0.25) is 5.43 Å². The van der Waals surface area contributed by atoms with Gasteiger partial charge in [0.15, 0.2) is 0 Å². The lowest BCUT2D eigenvalue weighted by Crippen LogP contribution is -2.45. The topological polar surface area (TPSA) is 44.7 Å². The lowest BCUT2D eigenvalue weighted by atomic mass is 10.1. The molecular weight excluding hydrogens is 252 g/mol. The van der Waals surface area contributed by atoms with Gasteiger partial charge in [-0.1, -0.05) is 45.4 Å². The summed E-state index contributed by atoms with van der Waals surface area (Å²) in [6.45, 7) is 6.29. The summed E-state index contributed by atoms with van der Waals surface area (Å²) in [7, 11) is 0. The van der Waals surface area contributed by atoms with Crippen LogP contribution >= 0.6 is 0 Å². The van der Waals surface area contributed by atoms with Gasteiger partial charge in [-0.2, -0.15) is 0 Å². The first kappa shape index (κ1) is 17.9. The molecule has 1 aliphatic heterocycles. The number of hydrazine groups is 1. The molecule has 0 aromatic heterocycles. The average molecular weight is 286 g/mol. The zero-order valence-electron chi connectivity index (χ0n) is 13.3. The van der Waals surface area contributed by atoms with Crippen LogP contribution in [0.5, 0.6) is 0 Å². The standard InChI is InChI=1S/C16H34N2O2/c1-2-3-4-5-6-10-13-20-15-16(19)14-17-18-11-8-7-9-12-18/h16-17,19H,2-15H2,1H3. The van der Waals surface area contributed by atoms with Crippen LogP contribution in [0.1, 0.15) is 64.7 Å². The predicted octanol–water partition coefficient (Wildman–Crippen LogP) is 2.71. The van der Waals surface area contributed by atoms with E-state index in [0.717, 1.165) is 26.1 Å². The van der Waals surface area contributed by atoms with Crippen molar-refractivity contribution in [2.45, 2.75) is 70.8 Å². The number of piperidine rings is 1. The molecule has 0 saturated carbocycles. The fraction of sp³-hybridized carbons (Fsp3) is 1.00. The Morgan fingerprint density at radius 3 is 2.50 bits per heavy atom. The molecule has 1 heterocycles. The van der Waals surface area contributed by atoms with Crippen LogP contribution < -0.4 is 5.43 Å². The monoisotopic (exact) mass is 286 g/mol. The number of hydrogen-bond acceptors (Lipinski definition) is 4. The number of ether oxygens (including phenoxy) is 1. The van der Waals surface area contributed by atoms with Crippen molar-refractivity contribution in [3.63, 3.8) is 0 Å². The van der Waals surface area contributed by atoms with Crippen LogP contribution in [0.15, 0.2) is 0 Å². The molecule has 120 valence electrons. The highest BCUT2D eigenvalue weighted by Crippen LogP contribution is 2.06. The molecule has 20 heavy (non-hydrogen) atoms. The van der Waals surface area contributed by atoms with Crippen molar-refractivity contribution in [3.8, 4) is 0 Å². The van der Waals surface area contributed by atoms with Gasteiger partial charge in [-0.25, -0.2) is 5.01 Å². The number of aliphatic hydroxyl groups is 1. The smallest absolute Gasteiger partial charge is 0.0911 e. The molecule has 0 aromatic carbocycles. The summed E-state index contributed by atoms with van der Waals surface area (Å²) in [6, 6.07) is 0. The van der Waals surface area contributed by atoms with E-state index in [9.17, 15) is 5.11 Å². The molecule has 4 heteroatoms. The number of unbranched alkanes of at least 4 members (excludes halogenated alkanes) is 5. The van der Waals surface area contributed by atoms with E-state index in [1.165, 1.54) is 51.4 Å². The summed E-state index contributed by atoms with van der Waals surface area (Å²) in [5.41, 5.74) is 3.30. The zero-order valence-corrected chi connectivity index (χ0v) is 13.3. The Labute approximate surface area is 124 Å². The van der Waals surface area contributed by atoms with Crippen molar-refractivity contribution in [2.24, 2.45) is 0 Å². The Morgan fingerprint density at radius 1 is 1.05 bits per heavy atom. The predicted molar refractivity (Wildman–Crippen MR) is 83.6 cm³/mol. The molecule has 2 N–H and O–H groups in total. The second-order valence-corrected chi connectivity index (χ2v) is 5.91. The van der Waals surface area contributed by atoms with E-state index in [1.807, 2.05) is 0 Å². The Kier molecular flexibility index (Phi) is 11.2. The van der Waals surface area contributed by atoms with Gasteiger partial charge in [-0.15, -0.1) is 0 Å². The molecule has 1 fully saturated rings. The third kappa shape index (κ3) is 9.70. The second kappa shape index (κ2) is 12.6. The molecule has 1 saturated heterocycles. The van der Waals surface area contributed by atoms with E-state index in [0.29, 0.717) is 13.2 Å².